The summed E-state index contributed by atoms with van der Waals surface area (Å²) in [5, 5.41) is 4.81. The summed E-state index contributed by atoms with van der Waals surface area (Å²) < 4.78 is 35.0. The minimum atomic E-state index is -3.82. The van der Waals surface area contributed by atoms with Gasteiger partial charge in [-0.15, -0.1) is 0 Å². The SMILES string of the molecule is COc1ccc(S(=O)(=O)NN=Cc2c[nH]c3ccccc23)cc1OC. The van der Waals surface area contributed by atoms with E-state index in [1.165, 1.54) is 38.6 Å². The zero-order valence-corrected chi connectivity index (χ0v) is 14.5. The van der Waals surface area contributed by atoms with Crippen LogP contribution in [0.25, 0.3) is 10.9 Å². The molecule has 25 heavy (non-hydrogen) atoms. The van der Waals surface area contributed by atoms with Crippen LogP contribution in [-0.2, 0) is 10.0 Å². The number of aromatic nitrogens is 1. The highest BCUT2D eigenvalue weighted by Gasteiger charge is 2.16. The molecule has 130 valence electrons. The third kappa shape index (κ3) is 3.43. The number of rotatable bonds is 6. The smallest absolute Gasteiger partial charge is 0.276 e. The molecule has 0 aliphatic heterocycles. The summed E-state index contributed by atoms with van der Waals surface area (Å²) in [5.41, 5.74) is 1.73. The maximum atomic E-state index is 12.4. The quantitative estimate of drug-likeness (QED) is 0.522. The van der Waals surface area contributed by atoms with Crippen molar-refractivity contribution in [2.75, 3.05) is 14.2 Å². The predicted molar refractivity (Wildman–Crippen MR) is 95.8 cm³/mol. The first-order valence-corrected chi connectivity index (χ1v) is 8.86. The van der Waals surface area contributed by atoms with Crippen molar-refractivity contribution < 1.29 is 17.9 Å². The van der Waals surface area contributed by atoms with E-state index in [2.05, 4.69) is 14.9 Å². The number of aromatic amines is 1. The van der Waals surface area contributed by atoms with Crippen LogP contribution in [0.2, 0.25) is 0 Å². The van der Waals surface area contributed by atoms with E-state index in [9.17, 15) is 8.42 Å². The lowest BCUT2D eigenvalue weighted by atomic mass is 10.2. The Morgan fingerprint density at radius 2 is 1.84 bits per heavy atom. The first-order chi connectivity index (χ1) is 12.0. The van der Waals surface area contributed by atoms with Crippen molar-refractivity contribution in [3.05, 3.63) is 54.2 Å². The molecule has 0 fully saturated rings. The molecule has 2 N–H and O–H groups in total. The minimum absolute atomic E-state index is 0.0289. The Hall–Kier alpha value is -3.00. The van der Waals surface area contributed by atoms with Crippen LogP contribution < -0.4 is 14.3 Å². The number of benzene rings is 2. The summed E-state index contributed by atoms with van der Waals surface area (Å²) in [4.78, 5) is 5.32. The molecular weight excluding hydrogens is 342 g/mol. The van der Waals surface area contributed by atoms with Gasteiger partial charge in [0.2, 0.25) is 0 Å². The number of fused-ring (bicyclic) bond motifs is 1. The Kier molecular flexibility index (Phi) is 4.62. The number of nitrogens with zero attached hydrogens (tertiary/aromatic N) is 1. The minimum Gasteiger partial charge on any atom is -0.493 e. The van der Waals surface area contributed by atoms with Gasteiger partial charge in [-0.25, -0.2) is 4.83 Å². The summed E-state index contributed by atoms with van der Waals surface area (Å²) in [6, 6.07) is 12.0. The predicted octanol–water partition coefficient (Wildman–Crippen LogP) is 2.50. The molecule has 1 aromatic heterocycles. The Labute approximate surface area is 145 Å². The van der Waals surface area contributed by atoms with Crippen molar-refractivity contribution in [3.63, 3.8) is 0 Å². The van der Waals surface area contributed by atoms with Gasteiger partial charge in [0.25, 0.3) is 10.0 Å². The second-order valence-electron chi connectivity index (χ2n) is 5.16. The van der Waals surface area contributed by atoms with Crippen LogP contribution in [0.1, 0.15) is 5.56 Å². The average Bonchev–Trinajstić information content (AvgIpc) is 3.04. The van der Waals surface area contributed by atoms with E-state index in [4.69, 9.17) is 9.47 Å². The molecule has 0 amide bonds. The van der Waals surface area contributed by atoms with Gasteiger partial charge in [-0.1, -0.05) is 18.2 Å². The molecule has 0 saturated heterocycles. The van der Waals surface area contributed by atoms with Crippen LogP contribution in [0.5, 0.6) is 11.5 Å². The molecule has 7 nitrogen and oxygen atoms in total. The normalized spacial score (nSPS) is 11.8. The number of ether oxygens (including phenoxy) is 2. The Bertz CT molecular complexity index is 1030. The lowest BCUT2D eigenvalue weighted by molar-refractivity contribution is 0.354. The first kappa shape index (κ1) is 16.8. The van der Waals surface area contributed by atoms with E-state index in [1.54, 1.807) is 6.20 Å². The number of hydrogen-bond acceptors (Lipinski definition) is 5. The topological polar surface area (TPSA) is 92.8 Å². The molecule has 3 rings (SSSR count). The van der Waals surface area contributed by atoms with E-state index in [0.717, 1.165) is 16.5 Å². The van der Waals surface area contributed by atoms with Crippen molar-refractivity contribution in [2.45, 2.75) is 4.90 Å². The first-order valence-electron chi connectivity index (χ1n) is 7.38. The Morgan fingerprint density at radius 1 is 1.08 bits per heavy atom. The molecule has 8 heteroatoms. The fraction of sp³-hybridized carbons (Fsp3) is 0.118. The van der Waals surface area contributed by atoms with E-state index in [-0.39, 0.29) is 4.90 Å². The van der Waals surface area contributed by atoms with Crippen LogP contribution in [0.3, 0.4) is 0 Å². The zero-order valence-electron chi connectivity index (χ0n) is 13.7. The fourth-order valence-corrected chi connectivity index (χ4v) is 3.21. The van der Waals surface area contributed by atoms with Crippen molar-refractivity contribution in [2.24, 2.45) is 5.10 Å². The second-order valence-corrected chi connectivity index (χ2v) is 6.82. The standard InChI is InChI=1S/C17H17N3O4S/c1-23-16-8-7-13(9-17(16)24-2)25(21,22)20-19-11-12-10-18-15-6-4-3-5-14(12)15/h3-11,18,20H,1-2H3. The highest BCUT2D eigenvalue weighted by atomic mass is 32.2. The van der Waals surface area contributed by atoms with Crippen LogP contribution in [0.15, 0.2) is 58.7 Å². The molecule has 2 aromatic carbocycles. The van der Waals surface area contributed by atoms with E-state index < -0.39 is 10.0 Å². The molecule has 0 aliphatic carbocycles. The van der Waals surface area contributed by atoms with Crippen LogP contribution in [0.4, 0.5) is 0 Å². The van der Waals surface area contributed by atoms with Gasteiger partial charge in [-0.3, -0.25) is 0 Å². The van der Waals surface area contributed by atoms with Crippen LogP contribution in [-0.4, -0.2) is 33.8 Å². The summed E-state index contributed by atoms with van der Waals surface area (Å²) >= 11 is 0. The Balaban J connectivity index is 1.82. The molecule has 0 aliphatic rings. The molecule has 1 heterocycles. The third-order valence-corrected chi connectivity index (χ3v) is 4.88. The maximum Gasteiger partial charge on any atom is 0.276 e. The van der Waals surface area contributed by atoms with Gasteiger partial charge >= 0.3 is 0 Å². The number of sulfonamides is 1. The highest BCUT2D eigenvalue weighted by molar-refractivity contribution is 7.89. The highest BCUT2D eigenvalue weighted by Crippen LogP contribution is 2.29. The molecule has 0 unspecified atom stereocenters. The number of H-pyrrole nitrogens is 1. The summed E-state index contributed by atoms with van der Waals surface area (Å²) in [7, 11) is -0.895. The van der Waals surface area contributed by atoms with Gasteiger partial charge in [-0.2, -0.15) is 13.5 Å². The Morgan fingerprint density at radius 3 is 2.60 bits per heavy atom. The van der Waals surface area contributed by atoms with Gasteiger partial charge in [-0.05, 0) is 18.2 Å². The molecule has 0 bridgehead atoms. The van der Waals surface area contributed by atoms with Gasteiger partial charge in [0.05, 0.1) is 25.3 Å². The zero-order chi connectivity index (χ0) is 17.9. The number of methoxy groups -OCH3 is 2. The van der Waals surface area contributed by atoms with Crippen LogP contribution >= 0.6 is 0 Å². The summed E-state index contributed by atoms with van der Waals surface area (Å²) in [5.74, 6) is 0.773. The van der Waals surface area contributed by atoms with E-state index in [0.29, 0.717) is 11.5 Å². The molecule has 0 saturated carbocycles. The number of hydrazone groups is 1. The molecular formula is C17H17N3O4S. The number of nitrogens with one attached hydrogen (secondary N) is 2. The van der Waals surface area contributed by atoms with Gasteiger partial charge in [0.1, 0.15) is 0 Å². The van der Waals surface area contributed by atoms with Crippen molar-refractivity contribution in [1.82, 2.24) is 9.82 Å². The second kappa shape index (κ2) is 6.86. The molecule has 0 radical (unpaired) electrons. The molecule has 3 aromatic rings. The van der Waals surface area contributed by atoms with Gasteiger partial charge in [0, 0.05) is 28.7 Å². The number of para-hydroxylation sites is 1. The van der Waals surface area contributed by atoms with Crippen molar-refractivity contribution >= 4 is 27.1 Å². The number of hydrogen-bond donors (Lipinski definition) is 2. The van der Waals surface area contributed by atoms with E-state index >= 15 is 0 Å². The van der Waals surface area contributed by atoms with E-state index in [1.807, 2.05) is 24.3 Å². The lowest BCUT2D eigenvalue weighted by Gasteiger charge is -2.09. The largest absolute Gasteiger partial charge is 0.493 e. The fourth-order valence-electron chi connectivity index (χ4n) is 2.40. The summed E-state index contributed by atoms with van der Waals surface area (Å²) in [6.07, 6.45) is 3.22. The maximum absolute atomic E-state index is 12.4. The van der Waals surface area contributed by atoms with Gasteiger partial charge in [0.15, 0.2) is 11.5 Å². The monoisotopic (exact) mass is 359 g/mol. The van der Waals surface area contributed by atoms with Crippen molar-refractivity contribution in [3.8, 4) is 11.5 Å². The molecule has 0 spiro atoms. The van der Waals surface area contributed by atoms with Gasteiger partial charge < -0.3 is 14.5 Å². The van der Waals surface area contributed by atoms with Crippen molar-refractivity contribution in [1.29, 1.82) is 0 Å². The molecule has 0 atom stereocenters. The average molecular weight is 359 g/mol. The third-order valence-electron chi connectivity index (χ3n) is 3.66. The lowest BCUT2D eigenvalue weighted by Crippen LogP contribution is -2.18. The summed E-state index contributed by atoms with van der Waals surface area (Å²) in [6.45, 7) is 0. The van der Waals surface area contributed by atoms with Crippen LogP contribution in [0, 0.1) is 0 Å².